The van der Waals surface area contributed by atoms with Crippen molar-refractivity contribution in [1.29, 1.82) is 0 Å². The van der Waals surface area contributed by atoms with Crippen molar-refractivity contribution in [2.75, 3.05) is 31.9 Å². The highest BCUT2D eigenvalue weighted by molar-refractivity contribution is 7.89. The van der Waals surface area contributed by atoms with Crippen molar-refractivity contribution in [1.82, 2.24) is 14.5 Å². The van der Waals surface area contributed by atoms with Crippen molar-refractivity contribution < 1.29 is 13.2 Å². The Morgan fingerprint density at radius 2 is 2.00 bits per heavy atom. The van der Waals surface area contributed by atoms with E-state index in [9.17, 15) is 13.2 Å². The van der Waals surface area contributed by atoms with Gasteiger partial charge in [0.25, 0.3) is 0 Å². The summed E-state index contributed by atoms with van der Waals surface area (Å²) in [5.41, 5.74) is 1.18. The summed E-state index contributed by atoms with van der Waals surface area (Å²) >= 11 is 1.62. The number of hydrogen-bond acceptors (Lipinski definition) is 4. The van der Waals surface area contributed by atoms with Crippen LogP contribution in [0.3, 0.4) is 0 Å². The van der Waals surface area contributed by atoms with Crippen molar-refractivity contribution in [3.63, 3.8) is 0 Å². The van der Waals surface area contributed by atoms with Gasteiger partial charge in [-0.3, -0.25) is 0 Å². The van der Waals surface area contributed by atoms with Crippen LogP contribution >= 0.6 is 11.3 Å². The Labute approximate surface area is 129 Å². The summed E-state index contributed by atoms with van der Waals surface area (Å²) in [4.78, 5) is 14.9. The lowest BCUT2D eigenvalue weighted by molar-refractivity contribution is 0.172. The van der Waals surface area contributed by atoms with Gasteiger partial charge < -0.3 is 10.2 Å². The molecule has 6 nitrogen and oxygen atoms in total. The zero-order valence-electron chi connectivity index (χ0n) is 12.3. The van der Waals surface area contributed by atoms with E-state index in [1.807, 2.05) is 18.4 Å². The third kappa shape index (κ3) is 3.96. The number of aryl methyl sites for hydroxylation is 1. The van der Waals surface area contributed by atoms with Gasteiger partial charge in [-0.2, -0.15) is 4.31 Å². The number of hydrogen-bond donors (Lipinski definition) is 1. The molecule has 1 fully saturated rings. The van der Waals surface area contributed by atoms with Crippen LogP contribution in [-0.4, -0.2) is 55.6 Å². The van der Waals surface area contributed by atoms with E-state index in [1.165, 1.54) is 9.87 Å². The summed E-state index contributed by atoms with van der Waals surface area (Å²) < 4.78 is 25.0. The minimum absolute atomic E-state index is 0.108. The number of sulfonamides is 1. The fourth-order valence-corrected chi connectivity index (χ4v) is 4.14. The lowest BCUT2D eigenvalue weighted by Crippen LogP contribution is -2.53. The highest BCUT2D eigenvalue weighted by Crippen LogP contribution is 2.15. The maximum absolute atomic E-state index is 12.1. The third-order valence-corrected chi connectivity index (χ3v) is 6.56. The minimum Gasteiger partial charge on any atom is -0.333 e. The van der Waals surface area contributed by atoms with Crippen LogP contribution in [0.1, 0.15) is 17.4 Å². The van der Waals surface area contributed by atoms with Crippen LogP contribution in [0.4, 0.5) is 4.79 Å². The predicted octanol–water partition coefficient (Wildman–Crippen LogP) is 1.23. The first-order valence-electron chi connectivity index (χ1n) is 6.97. The lowest BCUT2D eigenvalue weighted by Gasteiger charge is -2.33. The van der Waals surface area contributed by atoms with E-state index in [4.69, 9.17) is 0 Å². The number of urea groups is 1. The molecule has 1 aromatic heterocycles. The van der Waals surface area contributed by atoms with E-state index < -0.39 is 10.0 Å². The molecule has 0 aliphatic carbocycles. The van der Waals surface area contributed by atoms with E-state index in [0.717, 1.165) is 4.88 Å². The van der Waals surface area contributed by atoms with Gasteiger partial charge in [0.05, 0.1) is 12.3 Å². The number of amides is 2. The largest absolute Gasteiger partial charge is 0.333 e. The Kier molecular flexibility index (Phi) is 5.23. The number of thiophene rings is 1. The van der Waals surface area contributed by atoms with Crippen molar-refractivity contribution in [3.05, 3.63) is 21.9 Å². The van der Waals surface area contributed by atoms with E-state index in [1.54, 1.807) is 23.2 Å². The van der Waals surface area contributed by atoms with E-state index in [2.05, 4.69) is 5.32 Å². The van der Waals surface area contributed by atoms with Gasteiger partial charge in [-0.25, -0.2) is 13.2 Å². The molecule has 1 aromatic rings. The molecule has 0 aromatic carbocycles. The molecule has 1 aliphatic heterocycles. The highest BCUT2D eigenvalue weighted by Gasteiger charge is 2.27. The van der Waals surface area contributed by atoms with Gasteiger partial charge in [0, 0.05) is 31.1 Å². The fraction of sp³-hybridized carbons (Fsp3) is 0.615. The first-order valence-corrected chi connectivity index (χ1v) is 9.46. The summed E-state index contributed by atoms with van der Waals surface area (Å²) in [5, 5.41) is 4.90. The van der Waals surface area contributed by atoms with Crippen LogP contribution in [0.25, 0.3) is 0 Å². The van der Waals surface area contributed by atoms with Crippen LogP contribution < -0.4 is 5.32 Å². The summed E-state index contributed by atoms with van der Waals surface area (Å²) in [6.45, 7) is 5.81. The van der Waals surface area contributed by atoms with Crippen LogP contribution in [0.2, 0.25) is 0 Å². The topological polar surface area (TPSA) is 69.7 Å². The molecule has 1 N–H and O–H groups in total. The Morgan fingerprint density at radius 1 is 1.33 bits per heavy atom. The first kappa shape index (κ1) is 16.3. The molecule has 0 saturated carbocycles. The van der Waals surface area contributed by atoms with Crippen LogP contribution in [0.15, 0.2) is 11.4 Å². The van der Waals surface area contributed by atoms with Crippen molar-refractivity contribution in [3.8, 4) is 0 Å². The van der Waals surface area contributed by atoms with E-state index >= 15 is 0 Å². The number of carbonyl (C=O) groups excluding carboxylic acids is 1. The van der Waals surface area contributed by atoms with Gasteiger partial charge in [0.1, 0.15) is 0 Å². The molecule has 118 valence electrons. The minimum atomic E-state index is -3.15. The van der Waals surface area contributed by atoms with Crippen molar-refractivity contribution in [2.45, 2.75) is 20.4 Å². The van der Waals surface area contributed by atoms with Crippen LogP contribution in [0, 0.1) is 6.92 Å². The summed E-state index contributed by atoms with van der Waals surface area (Å²) in [6.07, 6.45) is 0. The molecule has 21 heavy (non-hydrogen) atoms. The standard InChI is InChI=1S/C13H21N3O3S2/c1-3-21(18,19)16-7-5-15(6-8-16)13(17)14-10-12-11(2)4-9-20-12/h4,9H,3,5-8,10H2,1-2H3,(H,14,17). The second kappa shape index (κ2) is 6.76. The molecule has 2 heterocycles. The molecule has 1 aliphatic rings. The molecule has 0 radical (unpaired) electrons. The molecule has 1 saturated heterocycles. The quantitative estimate of drug-likeness (QED) is 0.902. The predicted molar refractivity (Wildman–Crippen MR) is 83.9 cm³/mol. The number of nitrogens with zero attached hydrogens (tertiary/aromatic N) is 2. The number of nitrogens with one attached hydrogen (secondary N) is 1. The third-order valence-electron chi connectivity index (χ3n) is 3.65. The molecular formula is C13H21N3O3S2. The smallest absolute Gasteiger partial charge is 0.317 e. The van der Waals surface area contributed by atoms with Gasteiger partial charge in [-0.1, -0.05) is 0 Å². The first-order chi connectivity index (χ1) is 9.94. The maximum atomic E-state index is 12.1. The zero-order chi connectivity index (χ0) is 15.5. The number of piperazine rings is 1. The average Bonchev–Trinajstić information content (AvgIpc) is 2.90. The van der Waals surface area contributed by atoms with E-state index in [-0.39, 0.29) is 11.8 Å². The normalized spacial score (nSPS) is 17.0. The monoisotopic (exact) mass is 331 g/mol. The SMILES string of the molecule is CCS(=O)(=O)N1CCN(C(=O)NCc2sccc2C)CC1. The summed E-state index contributed by atoms with van der Waals surface area (Å²) in [6, 6.07) is 1.90. The van der Waals surface area contributed by atoms with Crippen LogP contribution in [-0.2, 0) is 16.6 Å². The molecule has 0 spiro atoms. The molecule has 0 unspecified atom stereocenters. The molecule has 0 bridgehead atoms. The fourth-order valence-electron chi connectivity index (χ4n) is 2.20. The van der Waals surface area contributed by atoms with Gasteiger partial charge in [0.15, 0.2) is 0 Å². The Bertz CT molecular complexity index is 590. The van der Waals surface area contributed by atoms with E-state index in [0.29, 0.717) is 32.7 Å². The zero-order valence-corrected chi connectivity index (χ0v) is 14.0. The summed E-state index contributed by atoms with van der Waals surface area (Å²) in [5.74, 6) is 0.108. The molecule has 0 atom stereocenters. The van der Waals surface area contributed by atoms with Gasteiger partial charge in [-0.05, 0) is 30.9 Å². The van der Waals surface area contributed by atoms with Crippen molar-refractivity contribution in [2.24, 2.45) is 0 Å². The van der Waals surface area contributed by atoms with Gasteiger partial charge in [0.2, 0.25) is 10.0 Å². The number of carbonyl (C=O) groups is 1. The molecule has 2 amide bonds. The molecule has 2 rings (SSSR count). The summed E-state index contributed by atoms with van der Waals surface area (Å²) in [7, 11) is -3.15. The van der Waals surface area contributed by atoms with Crippen molar-refractivity contribution >= 4 is 27.4 Å². The Morgan fingerprint density at radius 3 is 2.52 bits per heavy atom. The lowest BCUT2D eigenvalue weighted by atomic mass is 10.3. The maximum Gasteiger partial charge on any atom is 0.317 e. The Hall–Kier alpha value is -1.12. The average molecular weight is 331 g/mol. The second-order valence-corrected chi connectivity index (χ2v) is 8.23. The highest BCUT2D eigenvalue weighted by atomic mass is 32.2. The second-order valence-electron chi connectivity index (χ2n) is 4.97. The Balaban J connectivity index is 1.82. The van der Waals surface area contributed by atoms with Crippen LogP contribution in [0.5, 0.6) is 0 Å². The molecular weight excluding hydrogens is 310 g/mol. The van der Waals surface area contributed by atoms with Gasteiger partial charge in [-0.15, -0.1) is 11.3 Å². The van der Waals surface area contributed by atoms with Gasteiger partial charge >= 0.3 is 6.03 Å². The number of rotatable bonds is 4. The molecule has 8 heteroatoms.